The van der Waals surface area contributed by atoms with E-state index in [1.165, 1.54) is 0 Å². The lowest BCUT2D eigenvalue weighted by molar-refractivity contribution is 0.0946. The second kappa shape index (κ2) is 6.00. The van der Waals surface area contributed by atoms with Gasteiger partial charge in [-0.05, 0) is 23.3 Å². The summed E-state index contributed by atoms with van der Waals surface area (Å²) >= 11 is 0. The molecule has 0 saturated heterocycles. The lowest BCUT2D eigenvalue weighted by atomic mass is 10.1. The highest BCUT2D eigenvalue weighted by Gasteiger charge is 2.14. The number of carbonyl (C=O) groups is 1. The fourth-order valence-electron chi connectivity index (χ4n) is 2.08. The predicted molar refractivity (Wildman–Crippen MR) is 79.4 cm³/mol. The van der Waals surface area contributed by atoms with Gasteiger partial charge in [0.25, 0.3) is 5.91 Å². The first-order chi connectivity index (χ1) is 10.3. The molecule has 1 aromatic carbocycles. The van der Waals surface area contributed by atoms with E-state index in [4.69, 9.17) is 0 Å². The molecule has 5 nitrogen and oxygen atoms in total. The maximum Gasteiger partial charge on any atom is 0.270 e. The van der Waals surface area contributed by atoms with Crippen molar-refractivity contribution in [1.29, 1.82) is 0 Å². The molecule has 2 N–H and O–H groups in total. The normalized spacial score (nSPS) is 10.3. The molecule has 0 atom stereocenters. The van der Waals surface area contributed by atoms with Crippen LogP contribution in [0.5, 0.6) is 0 Å². The van der Waals surface area contributed by atoms with Gasteiger partial charge in [0.15, 0.2) is 0 Å². The van der Waals surface area contributed by atoms with Crippen LogP contribution in [0.4, 0.5) is 0 Å². The minimum atomic E-state index is -0.178. The van der Waals surface area contributed by atoms with Crippen LogP contribution in [0, 0.1) is 0 Å². The van der Waals surface area contributed by atoms with Gasteiger partial charge in [0, 0.05) is 24.5 Å². The number of hydrogen-bond acceptors (Lipinski definition) is 3. The molecular formula is C16H14N4O. The Morgan fingerprint density at radius 2 is 1.86 bits per heavy atom. The number of benzene rings is 1. The summed E-state index contributed by atoms with van der Waals surface area (Å²) in [6.45, 7) is 0.481. The second-order valence-corrected chi connectivity index (χ2v) is 4.56. The van der Waals surface area contributed by atoms with Crippen LogP contribution in [-0.4, -0.2) is 21.1 Å². The minimum Gasteiger partial charge on any atom is -0.347 e. The maximum atomic E-state index is 12.3. The average Bonchev–Trinajstić information content (AvgIpc) is 3.04. The van der Waals surface area contributed by atoms with Crippen LogP contribution >= 0.6 is 0 Å². The Morgan fingerprint density at radius 3 is 2.62 bits per heavy atom. The van der Waals surface area contributed by atoms with Crippen molar-refractivity contribution in [2.75, 3.05) is 0 Å². The number of aromatic amines is 1. The highest BCUT2D eigenvalue weighted by molar-refractivity contribution is 5.98. The van der Waals surface area contributed by atoms with E-state index in [-0.39, 0.29) is 5.91 Å². The Kier molecular flexibility index (Phi) is 3.73. The van der Waals surface area contributed by atoms with Gasteiger partial charge < -0.3 is 5.32 Å². The molecule has 104 valence electrons. The van der Waals surface area contributed by atoms with Crippen LogP contribution in [0.2, 0.25) is 0 Å². The molecule has 5 heteroatoms. The third-order valence-corrected chi connectivity index (χ3v) is 3.15. The number of nitrogens with zero attached hydrogens (tertiary/aromatic N) is 2. The number of amides is 1. The van der Waals surface area contributed by atoms with Gasteiger partial charge in [0.2, 0.25) is 0 Å². The van der Waals surface area contributed by atoms with Crippen molar-refractivity contribution < 1.29 is 4.79 Å². The Morgan fingerprint density at radius 1 is 1.10 bits per heavy atom. The predicted octanol–water partition coefficient (Wildman–Crippen LogP) is 2.40. The molecule has 1 amide bonds. The molecule has 3 aromatic rings. The Labute approximate surface area is 122 Å². The van der Waals surface area contributed by atoms with E-state index < -0.39 is 0 Å². The molecular weight excluding hydrogens is 264 g/mol. The van der Waals surface area contributed by atoms with E-state index in [1.807, 2.05) is 42.5 Å². The van der Waals surface area contributed by atoms with E-state index in [1.54, 1.807) is 18.6 Å². The molecule has 0 spiro atoms. The van der Waals surface area contributed by atoms with Gasteiger partial charge in [0.05, 0.1) is 6.20 Å². The monoisotopic (exact) mass is 278 g/mol. The first kappa shape index (κ1) is 13.1. The van der Waals surface area contributed by atoms with E-state index in [2.05, 4.69) is 20.5 Å². The molecule has 2 aromatic heterocycles. The SMILES string of the molecule is O=C(NCc1ccccc1)c1[nH]ncc1-c1ccncc1. The number of carbonyl (C=O) groups excluding carboxylic acids is 1. The molecule has 0 aliphatic heterocycles. The molecule has 2 heterocycles. The largest absolute Gasteiger partial charge is 0.347 e. The van der Waals surface area contributed by atoms with Crippen LogP contribution in [0.25, 0.3) is 11.1 Å². The zero-order chi connectivity index (χ0) is 14.5. The summed E-state index contributed by atoms with van der Waals surface area (Å²) in [5.74, 6) is -0.178. The Bertz CT molecular complexity index is 722. The van der Waals surface area contributed by atoms with Gasteiger partial charge in [-0.3, -0.25) is 14.9 Å². The van der Waals surface area contributed by atoms with Crippen molar-refractivity contribution in [1.82, 2.24) is 20.5 Å². The van der Waals surface area contributed by atoms with Crippen LogP contribution < -0.4 is 5.32 Å². The van der Waals surface area contributed by atoms with Crippen molar-refractivity contribution in [3.63, 3.8) is 0 Å². The number of aromatic nitrogens is 3. The number of pyridine rings is 1. The first-order valence-electron chi connectivity index (χ1n) is 6.60. The van der Waals surface area contributed by atoms with Gasteiger partial charge in [-0.15, -0.1) is 0 Å². The van der Waals surface area contributed by atoms with E-state index in [0.717, 1.165) is 16.7 Å². The standard InChI is InChI=1S/C16H14N4O/c21-16(18-10-12-4-2-1-3-5-12)15-14(11-19-20-15)13-6-8-17-9-7-13/h1-9,11H,10H2,(H,18,21)(H,19,20). The molecule has 0 unspecified atom stereocenters. The maximum absolute atomic E-state index is 12.3. The summed E-state index contributed by atoms with van der Waals surface area (Å²) in [5.41, 5.74) is 3.18. The number of hydrogen-bond donors (Lipinski definition) is 2. The second-order valence-electron chi connectivity index (χ2n) is 4.56. The molecule has 0 saturated carbocycles. The fourth-order valence-corrected chi connectivity index (χ4v) is 2.08. The summed E-state index contributed by atoms with van der Waals surface area (Å²) < 4.78 is 0. The average molecular weight is 278 g/mol. The third-order valence-electron chi connectivity index (χ3n) is 3.15. The van der Waals surface area contributed by atoms with Crippen molar-refractivity contribution in [2.24, 2.45) is 0 Å². The lowest BCUT2D eigenvalue weighted by Crippen LogP contribution is -2.23. The molecule has 0 radical (unpaired) electrons. The topological polar surface area (TPSA) is 70.7 Å². The Hall–Kier alpha value is -2.95. The van der Waals surface area contributed by atoms with Gasteiger partial charge in [-0.25, -0.2) is 0 Å². The van der Waals surface area contributed by atoms with Gasteiger partial charge in [0.1, 0.15) is 5.69 Å². The number of rotatable bonds is 4. The zero-order valence-electron chi connectivity index (χ0n) is 11.3. The van der Waals surface area contributed by atoms with Crippen LogP contribution in [0.1, 0.15) is 16.1 Å². The third kappa shape index (κ3) is 2.97. The van der Waals surface area contributed by atoms with Crippen LogP contribution in [-0.2, 0) is 6.54 Å². The summed E-state index contributed by atoms with van der Waals surface area (Å²) in [6, 6.07) is 13.5. The lowest BCUT2D eigenvalue weighted by Gasteiger charge is -2.06. The highest BCUT2D eigenvalue weighted by atomic mass is 16.1. The number of nitrogens with one attached hydrogen (secondary N) is 2. The van der Waals surface area contributed by atoms with Crippen molar-refractivity contribution >= 4 is 5.91 Å². The van der Waals surface area contributed by atoms with Gasteiger partial charge >= 0.3 is 0 Å². The van der Waals surface area contributed by atoms with Crippen LogP contribution in [0.3, 0.4) is 0 Å². The van der Waals surface area contributed by atoms with Crippen molar-refractivity contribution in [3.8, 4) is 11.1 Å². The van der Waals surface area contributed by atoms with Gasteiger partial charge in [-0.2, -0.15) is 5.10 Å². The summed E-state index contributed by atoms with van der Waals surface area (Å²) in [5, 5.41) is 9.61. The number of H-pyrrole nitrogens is 1. The van der Waals surface area contributed by atoms with Crippen LogP contribution in [0.15, 0.2) is 61.1 Å². The summed E-state index contributed by atoms with van der Waals surface area (Å²) in [6.07, 6.45) is 5.02. The zero-order valence-corrected chi connectivity index (χ0v) is 11.3. The molecule has 0 fully saturated rings. The smallest absolute Gasteiger partial charge is 0.270 e. The van der Waals surface area contributed by atoms with E-state index >= 15 is 0 Å². The van der Waals surface area contributed by atoms with Crippen molar-refractivity contribution in [3.05, 3.63) is 72.3 Å². The van der Waals surface area contributed by atoms with Crippen molar-refractivity contribution in [2.45, 2.75) is 6.54 Å². The molecule has 0 aliphatic carbocycles. The Balaban J connectivity index is 1.76. The first-order valence-corrected chi connectivity index (χ1v) is 6.60. The molecule has 0 aliphatic rings. The summed E-state index contributed by atoms with van der Waals surface area (Å²) in [4.78, 5) is 16.2. The molecule has 0 bridgehead atoms. The highest BCUT2D eigenvalue weighted by Crippen LogP contribution is 2.20. The van der Waals surface area contributed by atoms with E-state index in [9.17, 15) is 4.79 Å². The van der Waals surface area contributed by atoms with E-state index in [0.29, 0.717) is 12.2 Å². The fraction of sp³-hybridized carbons (Fsp3) is 0.0625. The quantitative estimate of drug-likeness (QED) is 0.770. The summed E-state index contributed by atoms with van der Waals surface area (Å²) in [7, 11) is 0. The van der Waals surface area contributed by atoms with Gasteiger partial charge in [-0.1, -0.05) is 30.3 Å². The molecule has 21 heavy (non-hydrogen) atoms. The molecule has 3 rings (SSSR count). The minimum absolute atomic E-state index is 0.178.